The molecule has 3 nitrogen and oxygen atoms in total. The number of fused-ring (bicyclic) bond motifs is 1. The molecule has 0 saturated carbocycles. The third-order valence-electron chi connectivity index (χ3n) is 4.27. The Morgan fingerprint density at radius 1 is 0.913 bits per heavy atom. The van der Waals surface area contributed by atoms with E-state index in [2.05, 4.69) is 76.4 Å². The molecule has 4 rings (SSSR count). The van der Waals surface area contributed by atoms with Crippen LogP contribution in [0.3, 0.4) is 0 Å². The van der Waals surface area contributed by atoms with E-state index in [4.69, 9.17) is 0 Å². The standard InChI is InChI=1S/C20H19N3/c1-22-15-23(20-11-3-2-10-19(20)22)18-9-6-7-16(14-18)13-17-8-4-5-12-21-17/h2-12,14H,13,15H2,1H3. The first-order valence-corrected chi connectivity index (χ1v) is 7.88. The van der Waals surface area contributed by atoms with E-state index in [1.807, 2.05) is 18.3 Å². The van der Waals surface area contributed by atoms with Crippen LogP contribution in [0, 0.1) is 0 Å². The molecule has 1 aliphatic rings. The van der Waals surface area contributed by atoms with Crippen LogP contribution in [0.5, 0.6) is 0 Å². The number of benzene rings is 2. The second-order valence-corrected chi connectivity index (χ2v) is 5.92. The summed E-state index contributed by atoms with van der Waals surface area (Å²) in [5.41, 5.74) is 6.17. The minimum atomic E-state index is 0.861. The van der Waals surface area contributed by atoms with E-state index >= 15 is 0 Å². The molecule has 0 atom stereocenters. The van der Waals surface area contributed by atoms with E-state index < -0.39 is 0 Å². The summed E-state index contributed by atoms with van der Waals surface area (Å²) >= 11 is 0. The van der Waals surface area contributed by atoms with Crippen LogP contribution in [-0.2, 0) is 6.42 Å². The second kappa shape index (κ2) is 5.76. The quantitative estimate of drug-likeness (QED) is 0.722. The highest BCUT2D eigenvalue weighted by Crippen LogP contribution is 2.39. The van der Waals surface area contributed by atoms with Crippen molar-refractivity contribution in [2.45, 2.75) is 6.42 Å². The number of rotatable bonds is 3. The van der Waals surface area contributed by atoms with Crippen molar-refractivity contribution < 1.29 is 0 Å². The fraction of sp³-hybridized carbons (Fsp3) is 0.150. The van der Waals surface area contributed by atoms with E-state index in [1.54, 1.807) is 0 Å². The van der Waals surface area contributed by atoms with Gasteiger partial charge in [-0.2, -0.15) is 0 Å². The lowest BCUT2D eigenvalue weighted by Crippen LogP contribution is -2.24. The van der Waals surface area contributed by atoms with Gasteiger partial charge in [-0.05, 0) is 42.0 Å². The Balaban J connectivity index is 1.65. The molecule has 0 radical (unpaired) electrons. The zero-order valence-corrected chi connectivity index (χ0v) is 13.2. The number of hydrogen-bond donors (Lipinski definition) is 0. The first-order valence-electron chi connectivity index (χ1n) is 7.88. The van der Waals surface area contributed by atoms with Crippen molar-refractivity contribution in [3.8, 4) is 0 Å². The van der Waals surface area contributed by atoms with Crippen molar-refractivity contribution in [2.24, 2.45) is 0 Å². The van der Waals surface area contributed by atoms with Gasteiger partial charge in [0.1, 0.15) is 0 Å². The van der Waals surface area contributed by atoms with Gasteiger partial charge in [0.2, 0.25) is 0 Å². The van der Waals surface area contributed by atoms with Crippen molar-refractivity contribution >= 4 is 17.1 Å². The van der Waals surface area contributed by atoms with Crippen molar-refractivity contribution in [2.75, 3.05) is 23.5 Å². The van der Waals surface area contributed by atoms with Gasteiger partial charge in [-0.1, -0.05) is 30.3 Å². The molecule has 0 saturated heterocycles. The highest BCUT2D eigenvalue weighted by Gasteiger charge is 2.23. The summed E-state index contributed by atoms with van der Waals surface area (Å²) in [5.74, 6) is 0. The van der Waals surface area contributed by atoms with E-state index in [1.165, 1.54) is 22.6 Å². The van der Waals surface area contributed by atoms with Crippen LogP contribution in [0.2, 0.25) is 0 Å². The fourth-order valence-electron chi connectivity index (χ4n) is 3.15. The van der Waals surface area contributed by atoms with Crippen molar-refractivity contribution in [1.29, 1.82) is 0 Å². The number of pyridine rings is 1. The average Bonchev–Trinajstić information content (AvgIpc) is 2.94. The third kappa shape index (κ3) is 2.66. The number of para-hydroxylation sites is 2. The van der Waals surface area contributed by atoms with Crippen LogP contribution in [0.15, 0.2) is 72.9 Å². The minimum Gasteiger partial charge on any atom is -0.355 e. The Bertz CT molecular complexity index is 814. The molecule has 0 unspecified atom stereocenters. The summed E-state index contributed by atoms with van der Waals surface area (Å²) in [4.78, 5) is 9.06. The normalized spacial score (nSPS) is 13.3. The lowest BCUT2D eigenvalue weighted by atomic mass is 10.1. The number of anilines is 3. The van der Waals surface area contributed by atoms with Gasteiger partial charge in [-0.15, -0.1) is 0 Å². The maximum absolute atomic E-state index is 4.43. The SMILES string of the molecule is CN1CN(c2cccc(Cc3ccccn3)c2)c2ccccc21. The molecule has 0 aliphatic carbocycles. The van der Waals surface area contributed by atoms with Crippen LogP contribution < -0.4 is 9.80 Å². The molecular weight excluding hydrogens is 282 g/mol. The molecule has 0 bridgehead atoms. The van der Waals surface area contributed by atoms with Gasteiger partial charge in [-0.25, -0.2) is 0 Å². The van der Waals surface area contributed by atoms with E-state index in [-0.39, 0.29) is 0 Å². The van der Waals surface area contributed by atoms with Gasteiger partial charge in [0, 0.05) is 31.0 Å². The summed E-state index contributed by atoms with van der Waals surface area (Å²) in [6, 6.07) is 23.4. The van der Waals surface area contributed by atoms with Crippen LogP contribution in [0.25, 0.3) is 0 Å². The molecule has 23 heavy (non-hydrogen) atoms. The van der Waals surface area contributed by atoms with Gasteiger partial charge in [0.25, 0.3) is 0 Å². The Kier molecular flexibility index (Phi) is 3.46. The third-order valence-corrected chi connectivity index (χ3v) is 4.27. The second-order valence-electron chi connectivity index (χ2n) is 5.92. The van der Waals surface area contributed by atoms with E-state index in [0.717, 1.165) is 18.8 Å². The monoisotopic (exact) mass is 301 g/mol. The Morgan fingerprint density at radius 3 is 2.57 bits per heavy atom. The Labute approximate surface area is 136 Å². The largest absolute Gasteiger partial charge is 0.355 e. The Hall–Kier alpha value is -2.81. The molecule has 0 spiro atoms. The summed E-state index contributed by atoms with van der Waals surface area (Å²) in [7, 11) is 2.14. The summed E-state index contributed by atoms with van der Waals surface area (Å²) in [6.07, 6.45) is 2.71. The topological polar surface area (TPSA) is 19.4 Å². The van der Waals surface area contributed by atoms with Crippen molar-refractivity contribution in [3.05, 3.63) is 84.2 Å². The molecular formula is C20H19N3. The number of hydrogen-bond acceptors (Lipinski definition) is 3. The maximum atomic E-state index is 4.43. The zero-order valence-electron chi connectivity index (χ0n) is 13.2. The van der Waals surface area contributed by atoms with Crippen molar-refractivity contribution in [1.82, 2.24) is 4.98 Å². The molecule has 3 aromatic rings. The zero-order chi connectivity index (χ0) is 15.6. The predicted octanol–water partition coefficient (Wildman–Crippen LogP) is 4.22. The van der Waals surface area contributed by atoms with Gasteiger partial charge >= 0.3 is 0 Å². The average molecular weight is 301 g/mol. The van der Waals surface area contributed by atoms with Gasteiger partial charge in [0.05, 0.1) is 18.0 Å². The van der Waals surface area contributed by atoms with Crippen LogP contribution >= 0.6 is 0 Å². The lowest BCUT2D eigenvalue weighted by Gasteiger charge is -2.20. The molecule has 1 aromatic heterocycles. The van der Waals surface area contributed by atoms with Crippen LogP contribution in [0.1, 0.15) is 11.3 Å². The van der Waals surface area contributed by atoms with Crippen LogP contribution in [0.4, 0.5) is 17.1 Å². The smallest absolute Gasteiger partial charge is 0.0950 e. The lowest BCUT2D eigenvalue weighted by molar-refractivity contribution is 0.947. The summed E-state index contributed by atoms with van der Waals surface area (Å²) in [6.45, 7) is 0.881. The van der Waals surface area contributed by atoms with E-state index in [0.29, 0.717) is 0 Å². The maximum Gasteiger partial charge on any atom is 0.0950 e. The molecule has 1 aliphatic heterocycles. The van der Waals surface area contributed by atoms with Gasteiger partial charge in [0.15, 0.2) is 0 Å². The number of nitrogens with zero attached hydrogens (tertiary/aromatic N) is 3. The van der Waals surface area contributed by atoms with Crippen LogP contribution in [-0.4, -0.2) is 18.7 Å². The van der Waals surface area contributed by atoms with Gasteiger partial charge < -0.3 is 9.80 Å². The molecule has 0 amide bonds. The first-order chi connectivity index (χ1) is 11.3. The fourth-order valence-corrected chi connectivity index (χ4v) is 3.15. The predicted molar refractivity (Wildman–Crippen MR) is 95.3 cm³/mol. The van der Waals surface area contributed by atoms with Crippen molar-refractivity contribution in [3.63, 3.8) is 0 Å². The summed E-state index contributed by atoms with van der Waals surface area (Å²) in [5, 5.41) is 0. The highest BCUT2D eigenvalue weighted by atomic mass is 15.4. The molecule has 114 valence electrons. The van der Waals surface area contributed by atoms with E-state index in [9.17, 15) is 0 Å². The van der Waals surface area contributed by atoms with Gasteiger partial charge in [-0.3, -0.25) is 4.98 Å². The molecule has 2 aromatic carbocycles. The highest BCUT2D eigenvalue weighted by molar-refractivity contribution is 5.82. The first kappa shape index (κ1) is 13.8. The molecule has 0 fully saturated rings. The minimum absolute atomic E-state index is 0.861. The Morgan fingerprint density at radius 2 is 1.74 bits per heavy atom. The summed E-state index contributed by atoms with van der Waals surface area (Å²) < 4.78 is 0. The number of aromatic nitrogens is 1. The molecule has 2 heterocycles. The molecule has 0 N–H and O–H groups in total. The molecule has 3 heteroatoms.